The van der Waals surface area contributed by atoms with Crippen molar-refractivity contribution in [2.45, 2.75) is 25.7 Å². The van der Waals surface area contributed by atoms with Crippen LogP contribution in [0.25, 0.3) is 0 Å². The van der Waals surface area contributed by atoms with Gasteiger partial charge in [-0.05, 0) is 25.8 Å². The van der Waals surface area contributed by atoms with E-state index in [4.69, 9.17) is 0 Å². The Balaban J connectivity index is 1.47. The molecule has 26 heavy (non-hydrogen) atoms. The molecule has 0 radical (unpaired) electrons. The van der Waals surface area contributed by atoms with Crippen molar-refractivity contribution >= 4 is 11.9 Å². The zero-order valence-electron chi connectivity index (χ0n) is 14.8. The lowest BCUT2D eigenvalue weighted by molar-refractivity contribution is 0.0739. The number of nitrogens with one attached hydrogen (secondary N) is 1. The molecule has 0 atom stereocenters. The van der Waals surface area contributed by atoms with Gasteiger partial charge in [0.25, 0.3) is 11.5 Å². The van der Waals surface area contributed by atoms with Crippen LogP contribution in [0.2, 0.25) is 0 Å². The zero-order valence-corrected chi connectivity index (χ0v) is 14.8. The van der Waals surface area contributed by atoms with E-state index in [0.717, 1.165) is 18.5 Å². The number of rotatable bonds is 3. The molecule has 3 heterocycles. The Morgan fingerprint density at radius 1 is 1.27 bits per heavy atom. The normalized spacial score (nSPS) is 17.7. The smallest absolute Gasteiger partial charge is 0.288 e. The van der Waals surface area contributed by atoms with Crippen LogP contribution < -0.4 is 10.5 Å². The summed E-state index contributed by atoms with van der Waals surface area (Å²) in [7, 11) is 1.80. The lowest BCUT2D eigenvalue weighted by Crippen LogP contribution is -2.49. The van der Waals surface area contributed by atoms with E-state index in [1.165, 1.54) is 0 Å². The van der Waals surface area contributed by atoms with Crippen molar-refractivity contribution < 1.29 is 9.18 Å². The molecule has 0 aromatic carbocycles. The highest BCUT2D eigenvalue weighted by molar-refractivity contribution is 5.92. The second kappa shape index (κ2) is 6.22. The molecule has 2 fully saturated rings. The fraction of sp³-hybridized carbons (Fsp3) is 0.529. The highest BCUT2D eigenvalue weighted by Crippen LogP contribution is 2.39. The summed E-state index contributed by atoms with van der Waals surface area (Å²) in [6.07, 6.45) is 1.75. The van der Waals surface area contributed by atoms with Crippen LogP contribution in [0.1, 0.15) is 40.6 Å². The Bertz CT molecular complexity index is 889. The lowest BCUT2D eigenvalue weighted by Gasteiger charge is -2.34. The molecule has 1 aliphatic carbocycles. The molecular weight excluding hydrogens is 339 g/mol. The van der Waals surface area contributed by atoms with Crippen molar-refractivity contribution in [1.29, 1.82) is 0 Å². The number of nitrogens with zero attached hydrogens (tertiary/aromatic N) is 5. The first-order chi connectivity index (χ1) is 12.4. The van der Waals surface area contributed by atoms with Crippen LogP contribution in [0, 0.1) is 12.7 Å². The van der Waals surface area contributed by atoms with Crippen LogP contribution in [0.15, 0.2) is 10.9 Å². The number of halogens is 1. The molecule has 9 heteroatoms. The van der Waals surface area contributed by atoms with Crippen molar-refractivity contribution in [3.63, 3.8) is 0 Å². The molecule has 1 aliphatic heterocycles. The number of aromatic nitrogens is 4. The monoisotopic (exact) mass is 360 g/mol. The highest BCUT2D eigenvalue weighted by atomic mass is 19.1. The van der Waals surface area contributed by atoms with Crippen LogP contribution in [-0.2, 0) is 7.05 Å². The lowest BCUT2D eigenvalue weighted by atomic mass is 10.2. The van der Waals surface area contributed by atoms with Gasteiger partial charge < -0.3 is 9.80 Å². The van der Waals surface area contributed by atoms with E-state index in [1.54, 1.807) is 22.7 Å². The Morgan fingerprint density at radius 3 is 2.54 bits per heavy atom. The van der Waals surface area contributed by atoms with E-state index in [2.05, 4.69) is 15.1 Å². The number of H-pyrrole nitrogens is 1. The first-order valence-corrected chi connectivity index (χ1v) is 8.78. The topological polar surface area (TPSA) is 87.1 Å². The van der Waals surface area contributed by atoms with Crippen LogP contribution >= 0.6 is 0 Å². The number of anilines is 1. The molecule has 1 saturated heterocycles. The van der Waals surface area contributed by atoms with Gasteiger partial charge in [-0.15, -0.1) is 0 Å². The number of piperazine rings is 1. The maximum Gasteiger partial charge on any atom is 0.288 e. The quantitative estimate of drug-likeness (QED) is 0.875. The van der Waals surface area contributed by atoms with Crippen LogP contribution in [-0.4, -0.2) is 56.7 Å². The minimum atomic E-state index is -0.768. The number of aryl methyl sites for hydroxylation is 2. The van der Waals surface area contributed by atoms with E-state index in [0.29, 0.717) is 37.8 Å². The van der Waals surface area contributed by atoms with Gasteiger partial charge in [0.05, 0.1) is 5.69 Å². The first-order valence-electron chi connectivity index (χ1n) is 8.78. The SMILES string of the molecule is Cc1cc(C(=O)N2CCN(c3nc(C4CC4)c(F)c(=O)[nH]3)CC2)nn1C. The van der Waals surface area contributed by atoms with Gasteiger partial charge in [-0.3, -0.25) is 19.3 Å². The molecule has 8 nitrogen and oxygen atoms in total. The number of hydrogen-bond donors (Lipinski definition) is 1. The molecule has 0 bridgehead atoms. The van der Waals surface area contributed by atoms with Gasteiger partial charge in [0.2, 0.25) is 11.8 Å². The molecule has 2 aromatic rings. The number of carbonyl (C=O) groups is 1. The fourth-order valence-electron chi connectivity index (χ4n) is 3.19. The largest absolute Gasteiger partial charge is 0.339 e. The maximum atomic E-state index is 13.9. The van der Waals surface area contributed by atoms with Crippen molar-refractivity contribution in [2.24, 2.45) is 7.05 Å². The molecule has 1 amide bonds. The van der Waals surface area contributed by atoms with Gasteiger partial charge in [-0.2, -0.15) is 9.49 Å². The summed E-state index contributed by atoms with van der Waals surface area (Å²) < 4.78 is 15.6. The molecule has 1 saturated carbocycles. The second-order valence-corrected chi connectivity index (χ2v) is 6.94. The zero-order chi connectivity index (χ0) is 18.4. The minimum absolute atomic E-state index is 0.0614. The van der Waals surface area contributed by atoms with Crippen molar-refractivity contribution in [3.8, 4) is 0 Å². The average Bonchev–Trinajstić information content (AvgIpc) is 3.42. The summed E-state index contributed by atoms with van der Waals surface area (Å²) >= 11 is 0. The number of aromatic amines is 1. The second-order valence-electron chi connectivity index (χ2n) is 6.94. The van der Waals surface area contributed by atoms with E-state index in [9.17, 15) is 14.0 Å². The Kier molecular flexibility index (Phi) is 4.01. The molecule has 138 valence electrons. The highest BCUT2D eigenvalue weighted by Gasteiger charge is 2.31. The Morgan fingerprint density at radius 2 is 1.96 bits per heavy atom. The van der Waals surface area contributed by atoms with Crippen molar-refractivity contribution in [2.75, 3.05) is 31.1 Å². The standard InChI is InChI=1S/C17H21FN6O2/c1-10-9-12(21-22(10)2)16(26)23-5-7-24(8-6-23)17-19-14(11-3-4-11)13(18)15(25)20-17/h9,11H,3-8H2,1-2H3,(H,19,20,25). The van der Waals surface area contributed by atoms with E-state index in [1.807, 2.05) is 11.8 Å². The predicted molar refractivity (Wildman–Crippen MR) is 92.9 cm³/mol. The van der Waals surface area contributed by atoms with Gasteiger partial charge in [0.1, 0.15) is 0 Å². The summed E-state index contributed by atoms with van der Waals surface area (Å²) in [5.74, 6) is -0.423. The van der Waals surface area contributed by atoms with Crippen LogP contribution in [0.5, 0.6) is 0 Å². The predicted octanol–water partition coefficient (Wildman–Crippen LogP) is 0.791. The minimum Gasteiger partial charge on any atom is -0.339 e. The van der Waals surface area contributed by atoms with E-state index in [-0.39, 0.29) is 17.5 Å². The molecular formula is C17H21FN6O2. The summed E-state index contributed by atoms with van der Waals surface area (Å²) in [5, 5.41) is 4.23. The van der Waals surface area contributed by atoms with Crippen LogP contribution in [0.4, 0.5) is 10.3 Å². The number of hydrogen-bond acceptors (Lipinski definition) is 5. The summed E-state index contributed by atoms with van der Waals surface area (Å²) in [6, 6.07) is 1.77. The molecule has 2 aromatic heterocycles. The molecule has 0 unspecified atom stereocenters. The molecule has 1 N–H and O–H groups in total. The van der Waals surface area contributed by atoms with E-state index >= 15 is 0 Å². The summed E-state index contributed by atoms with van der Waals surface area (Å²) in [5.41, 5.74) is 0.904. The van der Waals surface area contributed by atoms with E-state index < -0.39 is 11.4 Å². The van der Waals surface area contributed by atoms with Gasteiger partial charge in [-0.1, -0.05) is 0 Å². The third-order valence-electron chi connectivity index (χ3n) is 5.04. The number of amides is 1. The van der Waals surface area contributed by atoms with Crippen molar-refractivity contribution in [3.05, 3.63) is 39.3 Å². The van der Waals surface area contributed by atoms with Crippen LogP contribution in [0.3, 0.4) is 0 Å². The number of carbonyl (C=O) groups excluding carboxylic acids is 1. The summed E-state index contributed by atoms with van der Waals surface area (Å²) in [4.78, 5) is 34.9. The molecule has 0 spiro atoms. The molecule has 4 rings (SSSR count). The molecule has 2 aliphatic rings. The van der Waals surface area contributed by atoms with Gasteiger partial charge in [0, 0.05) is 44.8 Å². The van der Waals surface area contributed by atoms with Gasteiger partial charge in [0.15, 0.2) is 5.69 Å². The third kappa shape index (κ3) is 2.97. The Labute approximate surface area is 149 Å². The average molecular weight is 360 g/mol. The maximum absolute atomic E-state index is 13.9. The van der Waals surface area contributed by atoms with Crippen molar-refractivity contribution in [1.82, 2.24) is 24.6 Å². The van der Waals surface area contributed by atoms with Gasteiger partial charge >= 0.3 is 0 Å². The third-order valence-corrected chi connectivity index (χ3v) is 5.04. The first kappa shape index (κ1) is 16.7. The summed E-state index contributed by atoms with van der Waals surface area (Å²) in [6.45, 7) is 3.94. The fourth-order valence-corrected chi connectivity index (χ4v) is 3.19. The van der Waals surface area contributed by atoms with Gasteiger partial charge in [-0.25, -0.2) is 4.98 Å². The Hall–Kier alpha value is -2.71.